The zero-order chi connectivity index (χ0) is 12.6. The van der Waals surface area contributed by atoms with E-state index < -0.39 is 0 Å². The Balaban J connectivity index is 1.82. The normalized spacial score (nSPS) is 25.0. The summed E-state index contributed by atoms with van der Waals surface area (Å²) >= 11 is 0. The Labute approximate surface area is 110 Å². The summed E-state index contributed by atoms with van der Waals surface area (Å²) in [4.78, 5) is 4.43. The summed E-state index contributed by atoms with van der Waals surface area (Å²) in [6.07, 6.45) is 10.7. The fourth-order valence-corrected chi connectivity index (χ4v) is 3.35. The fourth-order valence-electron chi connectivity index (χ4n) is 3.35. The first kappa shape index (κ1) is 12.2. The van der Waals surface area contributed by atoms with Gasteiger partial charge in [0.2, 0.25) is 0 Å². The highest BCUT2D eigenvalue weighted by Crippen LogP contribution is 2.50. The van der Waals surface area contributed by atoms with Crippen LogP contribution in [0.2, 0.25) is 0 Å². The van der Waals surface area contributed by atoms with Crippen molar-refractivity contribution in [3.05, 3.63) is 18.2 Å². The molecule has 0 unspecified atom stereocenters. The monoisotopic (exact) mass is 247 g/mol. The molecule has 2 aliphatic rings. The Morgan fingerprint density at radius 2 is 2.00 bits per heavy atom. The van der Waals surface area contributed by atoms with E-state index in [4.69, 9.17) is 0 Å². The summed E-state index contributed by atoms with van der Waals surface area (Å²) in [7, 11) is 0. The maximum atomic E-state index is 4.43. The quantitative estimate of drug-likeness (QED) is 0.886. The van der Waals surface area contributed by atoms with Crippen molar-refractivity contribution in [3.63, 3.8) is 0 Å². The van der Waals surface area contributed by atoms with E-state index in [1.54, 1.807) is 0 Å². The lowest BCUT2D eigenvalue weighted by Crippen LogP contribution is -2.39. The number of nitrogens with one attached hydrogen (secondary N) is 1. The highest BCUT2D eigenvalue weighted by Gasteiger charge is 2.42. The van der Waals surface area contributed by atoms with E-state index >= 15 is 0 Å². The maximum Gasteiger partial charge on any atom is 0.0948 e. The van der Waals surface area contributed by atoms with Crippen molar-refractivity contribution >= 4 is 0 Å². The predicted octanol–water partition coefficient (Wildman–Crippen LogP) is 2.71. The van der Waals surface area contributed by atoms with E-state index in [2.05, 4.69) is 41.2 Å². The van der Waals surface area contributed by atoms with Crippen molar-refractivity contribution in [2.45, 2.75) is 57.9 Å². The van der Waals surface area contributed by atoms with E-state index in [9.17, 15) is 0 Å². The molecular weight excluding hydrogens is 222 g/mol. The molecule has 1 N–H and O–H groups in total. The molecule has 3 rings (SSSR count). The molecule has 3 heteroatoms. The van der Waals surface area contributed by atoms with E-state index in [1.807, 2.05) is 0 Å². The fraction of sp³-hybridized carbons (Fsp3) is 0.800. The number of hydrogen-bond donors (Lipinski definition) is 1. The van der Waals surface area contributed by atoms with Gasteiger partial charge in [0.1, 0.15) is 0 Å². The van der Waals surface area contributed by atoms with Crippen LogP contribution in [0.25, 0.3) is 0 Å². The van der Waals surface area contributed by atoms with Crippen molar-refractivity contribution in [1.29, 1.82) is 0 Å². The van der Waals surface area contributed by atoms with Crippen molar-refractivity contribution in [2.24, 2.45) is 5.41 Å². The van der Waals surface area contributed by atoms with E-state index in [-0.39, 0.29) is 0 Å². The average Bonchev–Trinajstić information content (AvgIpc) is 2.99. The Kier molecular flexibility index (Phi) is 2.97. The van der Waals surface area contributed by atoms with Gasteiger partial charge in [0.25, 0.3) is 0 Å². The van der Waals surface area contributed by atoms with Gasteiger partial charge in [-0.05, 0) is 50.6 Å². The summed E-state index contributed by atoms with van der Waals surface area (Å²) in [5, 5.41) is 3.46. The molecule has 2 fully saturated rings. The molecule has 100 valence electrons. The SMILES string of the molecule is CCC1(Cn2cncc2C2(C)CCNCC2)CC1. The highest BCUT2D eigenvalue weighted by atomic mass is 15.1. The Hall–Kier alpha value is -0.830. The summed E-state index contributed by atoms with van der Waals surface area (Å²) in [6.45, 7) is 8.20. The van der Waals surface area contributed by atoms with Gasteiger partial charge >= 0.3 is 0 Å². The Morgan fingerprint density at radius 1 is 1.28 bits per heavy atom. The van der Waals surface area contributed by atoms with Gasteiger partial charge in [-0.15, -0.1) is 0 Å². The molecule has 0 radical (unpaired) electrons. The van der Waals surface area contributed by atoms with Gasteiger partial charge in [0, 0.05) is 23.9 Å². The van der Waals surface area contributed by atoms with Crippen LogP contribution >= 0.6 is 0 Å². The van der Waals surface area contributed by atoms with Gasteiger partial charge in [-0.1, -0.05) is 13.8 Å². The molecule has 2 heterocycles. The first-order valence-corrected chi connectivity index (χ1v) is 7.39. The van der Waals surface area contributed by atoms with Gasteiger partial charge in [-0.25, -0.2) is 4.98 Å². The molecule has 1 aromatic rings. The van der Waals surface area contributed by atoms with E-state index in [1.165, 1.54) is 44.3 Å². The van der Waals surface area contributed by atoms with Crippen LogP contribution in [-0.2, 0) is 12.0 Å². The molecule has 1 saturated heterocycles. The third kappa shape index (κ3) is 2.09. The number of aromatic nitrogens is 2. The second kappa shape index (κ2) is 4.37. The van der Waals surface area contributed by atoms with Gasteiger partial charge in [0.05, 0.1) is 6.33 Å². The second-order valence-electron chi connectivity index (χ2n) is 6.57. The Morgan fingerprint density at radius 3 is 2.61 bits per heavy atom. The van der Waals surface area contributed by atoms with Crippen LogP contribution in [-0.4, -0.2) is 22.6 Å². The lowest BCUT2D eigenvalue weighted by atomic mass is 9.78. The molecule has 1 saturated carbocycles. The third-order valence-corrected chi connectivity index (χ3v) is 5.25. The van der Waals surface area contributed by atoms with Crippen LogP contribution in [0.3, 0.4) is 0 Å². The molecule has 0 atom stereocenters. The minimum atomic E-state index is 0.325. The molecule has 18 heavy (non-hydrogen) atoms. The summed E-state index contributed by atoms with van der Waals surface area (Å²) in [5.41, 5.74) is 2.38. The zero-order valence-corrected chi connectivity index (χ0v) is 11.7. The molecule has 0 spiro atoms. The zero-order valence-electron chi connectivity index (χ0n) is 11.7. The summed E-state index contributed by atoms with van der Waals surface area (Å²) in [5.74, 6) is 0. The molecule has 1 aromatic heterocycles. The molecule has 0 amide bonds. The van der Waals surface area contributed by atoms with Crippen molar-refractivity contribution in [2.75, 3.05) is 13.1 Å². The molecular formula is C15H25N3. The number of rotatable bonds is 4. The smallest absolute Gasteiger partial charge is 0.0948 e. The molecule has 0 aromatic carbocycles. The molecule has 1 aliphatic carbocycles. The van der Waals surface area contributed by atoms with Crippen molar-refractivity contribution in [3.8, 4) is 0 Å². The van der Waals surface area contributed by atoms with E-state index in [0.717, 1.165) is 13.1 Å². The first-order chi connectivity index (χ1) is 8.68. The van der Waals surface area contributed by atoms with Gasteiger partial charge in [-0.3, -0.25) is 0 Å². The average molecular weight is 247 g/mol. The van der Waals surface area contributed by atoms with Gasteiger partial charge in [-0.2, -0.15) is 0 Å². The topological polar surface area (TPSA) is 29.9 Å². The van der Waals surface area contributed by atoms with Crippen LogP contribution in [0.15, 0.2) is 12.5 Å². The second-order valence-corrected chi connectivity index (χ2v) is 6.57. The standard InChI is InChI=1S/C15H25N3/c1-3-15(4-5-15)11-18-12-17-10-13(18)14(2)6-8-16-9-7-14/h10,12,16H,3-9,11H2,1-2H3. The maximum absolute atomic E-state index is 4.43. The van der Waals surface area contributed by atoms with Crippen LogP contribution in [0.4, 0.5) is 0 Å². The number of piperidine rings is 1. The number of nitrogens with zero attached hydrogens (tertiary/aromatic N) is 2. The minimum Gasteiger partial charge on any atom is -0.334 e. The number of imidazole rings is 1. The summed E-state index contributed by atoms with van der Waals surface area (Å²) < 4.78 is 2.45. The highest BCUT2D eigenvalue weighted by molar-refractivity contribution is 5.16. The van der Waals surface area contributed by atoms with Crippen LogP contribution in [0.5, 0.6) is 0 Å². The molecule has 3 nitrogen and oxygen atoms in total. The third-order valence-electron chi connectivity index (χ3n) is 5.25. The van der Waals surface area contributed by atoms with E-state index in [0.29, 0.717) is 10.8 Å². The van der Waals surface area contributed by atoms with Crippen LogP contribution in [0.1, 0.15) is 51.6 Å². The molecule has 1 aliphatic heterocycles. The minimum absolute atomic E-state index is 0.325. The lowest BCUT2D eigenvalue weighted by Gasteiger charge is -2.35. The molecule has 0 bridgehead atoms. The van der Waals surface area contributed by atoms with Crippen molar-refractivity contribution in [1.82, 2.24) is 14.9 Å². The number of hydrogen-bond acceptors (Lipinski definition) is 2. The summed E-state index contributed by atoms with van der Waals surface area (Å²) in [6, 6.07) is 0. The van der Waals surface area contributed by atoms with Crippen LogP contribution in [0, 0.1) is 5.41 Å². The largest absolute Gasteiger partial charge is 0.334 e. The van der Waals surface area contributed by atoms with Gasteiger partial charge in [0.15, 0.2) is 0 Å². The van der Waals surface area contributed by atoms with Crippen molar-refractivity contribution < 1.29 is 0 Å². The Bertz CT molecular complexity index is 411. The first-order valence-electron chi connectivity index (χ1n) is 7.39. The predicted molar refractivity (Wildman–Crippen MR) is 73.6 cm³/mol. The lowest BCUT2D eigenvalue weighted by molar-refractivity contribution is 0.303. The van der Waals surface area contributed by atoms with Gasteiger partial charge < -0.3 is 9.88 Å². The van der Waals surface area contributed by atoms with Crippen LogP contribution < -0.4 is 5.32 Å².